The van der Waals surface area contributed by atoms with Gasteiger partial charge in [-0.25, -0.2) is 0 Å². The van der Waals surface area contributed by atoms with E-state index in [9.17, 15) is 0 Å². The van der Waals surface area contributed by atoms with Crippen LogP contribution in [0.3, 0.4) is 0 Å². The lowest BCUT2D eigenvalue weighted by atomic mass is 9.80. The van der Waals surface area contributed by atoms with Crippen LogP contribution < -0.4 is 4.90 Å². The molecule has 0 spiro atoms. The van der Waals surface area contributed by atoms with Crippen LogP contribution in [0.1, 0.15) is 43.4 Å². The van der Waals surface area contributed by atoms with Crippen molar-refractivity contribution in [3.63, 3.8) is 0 Å². The lowest BCUT2D eigenvalue weighted by Crippen LogP contribution is -2.27. The first kappa shape index (κ1) is 22.9. The van der Waals surface area contributed by atoms with E-state index in [1.807, 2.05) is 12.1 Å². The lowest BCUT2D eigenvalue weighted by Gasteiger charge is -2.37. The Bertz CT molecular complexity index is 1480. The van der Waals surface area contributed by atoms with Crippen molar-refractivity contribution in [1.29, 1.82) is 0 Å². The molecule has 0 aromatic heterocycles. The Hall–Kier alpha value is -3.55. The molecule has 4 aromatic rings. The van der Waals surface area contributed by atoms with Crippen LogP contribution in [0.5, 0.6) is 0 Å². The number of halogens is 1. The van der Waals surface area contributed by atoms with E-state index in [0.717, 1.165) is 10.7 Å². The molecule has 4 aromatic carbocycles. The molecule has 0 amide bonds. The van der Waals surface area contributed by atoms with Gasteiger partial charge in [-0.05, 0) is 76.2 Å². The minimum absolute atomic E-state index is 0.0550. The molecule has 2 aliphatic rings. The zero-order chi connectivity index (χ0) is 24.9. The molecule has 0 aliphatic heterocycles. The standard InChI is InChI=1S/C34H30ClN/c1-23-10-9-15-32(33(23)24-11-5-4-6-12-24)36(26-18-16-25(35)17-19-26)27-20-21-29-28-13-7-8-14-30(28)34(2,3)31(29)22-27/h4-23,33H,1-3H3. The van der Waals surface area contributed by atoms with Gasteiger partial charge < -0.3 is 4.90 Å². The van der Waals surface area contributed by atoms with Crippen LogP contribution in [-0.4, -0.2) is 0 Å². The summed E-state index contributed by atoms with van der Waals surface area (Å²) in [6.07, 6.45) is 6.79. The molecule has 0 bridgehead atoms. The maximum absolute atomic E-state index is 6.32. The average molecular weight is 488 g/mol. The molecule has 2 atom stereocenters. The summed E-state index contributed by atoms with van der Waals surface area (Å²) in [6.45, 7) is 6.99. The molecule has 0 fully saturated rings. The zero-order valence-corrected chi connectivity index (χ0v) is 21.7. The first-order valence-electron chi connectivity index (χ1n) is 12.7. The van der Waals surface area contributed by atoms with Crippen molar-refractivity contribution >= 4 is 23.0 Å². The fourth-order valence-corrected chi connectivity index (χ4v) is 6.16. The molecule has 1 nitrogen and oxygen atoms in total. The van der Waals surface area contributed by atoms with Crippen LogP contribution in [-0.2, 0) is 5.41 Å². The Labute approximate surface area is 219 Å². The molecule has 178 valence electrons. The molecule has 0 saturated heterocycles. The van der Waals surface area contributed by atoms with Gasteiger partial charge >= 0.3 is 0 Å². The average Bonchev–Trinajstić information content (AvgIpc) is 3.13. The van der Waals surface area contributed by atoms with Crippen molar-refractivity contribution in [3.05, 3.63) is 143 Å². The largest absolute Gasteiger partial charge is 0.314 e. The van der Waals surface area contributed by atoms with Crippen molar-refractivity contribution in [2.24, 2.45) is 5.92 Å². The van der Waals surface area contributed by atoms with Crippen molar-refractivity contribution < 1.29 is 0 Å². The Kier molecular flexibility index (Phi) is 5.62. The molecule has 2 aliphatic carbocycles. The molecule has 0 saturated carbocycles. The van der Waals surface area contributed by atoms with Gasteiger partial charge in [-0.1, -0.05) is 105 Å². The quantitative estimate of drug-likeness (QED) is 0.277. The SMILES string of the molecule is CC1C=CC=C(N(c2ccc(Cl)cc2)c2ccc3c(c2)C(C)(C)c2ccccc2-3)C1c1ccccc1. The van der Waals surface area contributed by atoms with Gasteiger partial charge in [0.1, 0.15) is 0 Å². The smallest absolute Gasteiger partial charge is 0.0462 e. The normalized spacial score (nSPS) is 19.4. The predicted molar refractivity (Wildman–Crippen MR) is 153 cm³/mol. The molecule has 0 N–H and O–H groups in total. The number of allylic oxidation sites excluding steroid dienone is 4. The Morgan fingerprint density at radius 1 is 0.722 bits per heavy atom. The van der Waals surface area contributed by atoms with E-state index >= 15 is 0 Å². The van der Waals surface area contributed by atoms with Crippen LogP contribution >= 0.6 is 11.6 Å². The van der Waals surface area contributed by atoms with E-state index in [1.165, 1.54) is 39.2 Å². The summed E-state index contributed by atoms with van der Waals surface area (Å²) in [5.74, 6) is 0.614. The van der Waals surface area contributed by atoms with Gasteiger partial charge in [0.15, 0.2) is 0 Å². The van der Waals surface area contributed by atoms with Gasteiger partial charge in [-0.3, -0.25) is 0 Å². The highest BCUT2D eigenvalue weighted by Crippen LogP contribution is 2.51. The van der Waals surface area contributed by atoms with E-state index in [1.54, 1.807) is 0 Å². The third-order valence-corrected chi connectivity index (χ3v) is 8.11. The van der Waals surface area contributed by atoms with E-state index in [2.05, 4.69) is 129 Å². The number of nitrogens with zero attached hydrogens (tertiary/aromatic N) is 1. The summed E-state index contributed by atoms with van der Waals surface area (Å²) >= 11 is 6.32. The van der Waals surface area contributed by atoms with Crippen molar-refractivity contribution in [3.8, 4) is 11.1 Å². The predicted octanol–water partition coefficient (Wildman–Crippen LogP) is 9.66. The highest BCUT2D eigenvalue weighted by Gasteiger charge is 2.36. The molecule has 6 rings (SSSR count). The second-order valence-electron chi connectivity index (χ2n) is 10.4. The molecular formula is C34H30ClN. The highest BCUT2D eigenvalue weighted by atomic mass is 35.5. The van der Waals surface area contributed by atoms with E-state index < -0.39 is 0 Å². The number of anilines is 2. The Morgan fingerprint density at radius 2 is 1.39 bits per heavy atom. The minimum Gasteiger partial charge on any atom is -0.314 e. The van der Waals surface area contributed by atoms with Crippen LogP contribution in [0.4, 0.5) is 11.4 Å². The lowest BCUT2D eigenvalue weighted by molar-refractivity contribution is 0.596. The second kappa shape index (κ2) is 8.84. The van der Waals surface area contributed by atoms with Crippen molar-refractivity contribution in [2.75, 3.05) is 4.90 Å². The van der Waals surface area contributed by atoms with E-state index in [0.29, 0.717) is 5.92 Å². The maximum atomic E-state index is 6.32. The summed E-state index contributed by atoms with van der Waals surface area (Å²) in [6, 6.07) is 34.9. The summed E-state index contributed by atoms with van der Waals surface area (Å²) < 4.78 is 0. The zero-order valence-electron chi connectivity index (χ0n) is 20.9. The van der Waals surface area contributed by atoms with Gasteiger partial charge in [-0.2, -0.15) is 0 Å². The molecule has 2 unspecified atom stereocenters. The van der Waals surface area contributed by atoms with Gasteiger partial charge in [0.2, 0.25) is 0 Å². The van der Waals surface area contributed by atoms with E-state index in [4.69, 9.17) is 11.6 Å². The van der Waals surface area contributed by atoms with Crippen molar-refractivity contribution in [2.45, 2.75) is 32.1 Å². The summed E-state index contributed by atoms with van der Waals surface area (Å²) in [4.78, 5) is 2.42. The third kappa shape index (κ3) is 3.70. The number of benzene rings is 4. The Morgan fingerprint density at radius 3 is 2.17 bits per heavy atom. The third-order valence-electron chi connectivity index (χ3n) is 7.85. The van der Waals surface area contributed by atoms with E-state index in [-0.39, 0.29) is 11.3 Å². The van der Waals surface area contributed by atoms with Gasteiger partial charge in [0, 0.05) is 33.4 Å². The van der Waals surface area contributed by atoms with Crippen LogP contribution in [0.25, 0.3) is 11.1 Å². The molecule has 0 heterocycles. The maximum Gasteiger partial charge on any atom is 0.0462 e. The van der Waals surface area contributed by atoms with Gasteiger partial charge in [0.25, 0.3) is 0 Å². The van der Waals surface area contributed by atoms with Crippen molar-refractivity contribution in [1.82, 2.24) is 0 Å². The Balaban J connectivity index is 1.54. The van der Waals surface area contributed by atoms with Crippen LogP contribution in [0, 0.1) is 5.92 Å². The molecular weight excluding hydrogens is 458 g/mol. The van der Waals surface area contributed by atoms with Gasteiger partial charge in [0.05, 0.1) is 0 Å². The first-order valence-corrected chi connectivity index (χ1v) is 13.1. The minimum atomic E-state index is -0.0550. The van der Waals surface area contributed by atoms with Crippen LogP contribution in [0.2, 0.25) is 5.02 Å². The summed E-state index contributed by atoms with van der Waals surface area (Å²) in [7, 11) is 0. The van der Waals surface area contributed by atoms with Crippen LogP contribution in [0.15, 0.2) is 121 Å². The fourth-order valence-electron chi connectivity index (χ4n) is 6.03. The highest BCUT2D eigenvalue weighted by molar-refractivity contribution is 6.30. The molecule has 0 radical (unpaired) electrons. The molecule has 36 heavy (non-hydrogen) atoms. The second-order valence-corrected chi connectivity index (χ2v) is 10.9. The topological polar surface area (TPSA) is 3.24 Å². The number of fused-ring (bicyclic) bond motifs is 3. The summed E-state index contributed by atoms with van der Waals surface area (Å²) in [5, 5.41) is 0.745. The fraction of sp³-hybridized carbons (Fsp3) is 0.176. The number of rotatable bonds is 4. The monoisotopic (exact) mass is 487 g/mol. The number of hydrogen-bond donors (Lipinski definition) is 0. The first-order chi connectivity index (χ1) is 17.4. The number of hydrogen-bond acceptors (Lipinski definition) is 1. The summed E-state index contributed by atoms with van der Waals surface area (Å²) in [5.41, 5.74) is 10.3. The van der Waals surface area contributed by atoms with Gasteiger partial charge in [-0.15, -0.1) is 0 Å². The molecule has 2 heteroatoms.